The largest absolute Gasteiger partial charge is 0.510 e. The third kappa shape index (κ3) is 7.50. The minimum atomic E-state index is -2.98. The number of fused-ring (bicyclic) bond motifs is 3. The summed E-state index contributed by atoms with van der Waals surface area (Å²) in [5.41, 5.74) is -6.46. The van der Waals surface area contributed by atoms with Crippen LogP contribution in [-0.4, -0.2) is 129 Å². The summed E-state index contributed by atoms with van der Waals surface area (Å²) in [6, 6.07) is 1.62. The average Bonchev–Trinajstić information content (AvgIpc) is 3.11. The average molecular weight is 754 g/mol. The molecule has 0 amide bonds. The number of aldehydes is 1. The standard InChI is InChI=1S/C38H43NO15/c1-6-9-23(41)52-16-37(50,17-53-24(42)10-7-2)18-54-25(43)12-8-11-20-13-14-21-19(3)26-28(33(46)27(21)31(20)44)36(49)38(51)29(34(26)47)30(39(4)5)32(45)22(15-40)35(38)48/h6-8,11,13-15,19,26,29-30,34,44-45,47,49-51H,1-2,9-10,12,16-18H2,3-5H3/b11-8+/t19-,26-,29+,30+,34-,38-/m1/s1. The van der Waals surface area contributed by atoms with Crippen molar-refractivity contribution in [2.75, 3.05) is 33.9 Å². The van der Waals surface area contributed by atoms with Gasteiger partial charge in [-0.2, -0.15) is 0 Å². The minimum absolute atomic E-state index is 0.0182. The SMILES string of the molecule is C=CCC(=O)OCC(O)(COC(=O)CC=C)COC(=O)C/C=C/c1ccc2c(c1O)C(=O)C1=C(O)[C@]3(O)C(=O)C(C=O)=C(O)[C@@H](N(C)C)[C@H]3[C@H](O)[C@@H]1[C@@H]2C. The topological polar surface area (TPSA) is 255 Å². The smallest absolute Gasteiger partial charge is 0.309 e. The molecule has 0 bridgehead atoms. The van der Waals surface area contributed by atoms with Gasteiger partial charge in [-0.1, -0.05) is 43.4 Å². The second-order valence-corrected chi connectivity index (χ2v) is 13.6. The van der Waals surface area contributed by atoms with Crippen LogP contribution in [0.3, 0.4) is 0 Å². The Labute approximate surface area is 309 Å². The number of aromatic hydroxyl groups is 1. The molecule has 290 valence electrons. The summed E-state index contributed by atoms with van der Waals surface area (Å²) < 4.78 is 15.1. The predicted octanol–water partition coefficient (Wildman–Crippen LogP) is 1.28. The molecule has 0 saturated heterocycles. The van der Waals surface area contributed by atoms with Gasteiger partial charge in [0.2, 0.25) is 5.78 Å². The molecule has 1 aromatic rings. The molecule has 3 aliphatic carbocycles. The molecule has 0 fully saturated rings. The Morgan fingerprint density at radius 3 is 1.98 bits per heavy atom. The zero-order chi connectivity index (χ0) is 40.3. The molecule has 4 rings (SSSR count). The molecule has 3 aliphatic rings. The fraction of sp³-hybridized carbons (Fsp3) is 0.421. The van der Waals surface area contributed by atoms with Crippen LogP contribution in [0.15, 0.2) is 66.2 Å². The van der Waals surface area contributed by atoms with E-state index in [4.69, 9.17) is 14.2 Å². The van der Waals surface area contributed by atoms with Gasteiger partial charge in [0.1, 0.15) is 42.7 Å². The van der Waals surface area contributed by atoms with Gasteiger partial charge in [-0.3, -0.25) is 33.7 Å². The summed E-state index contributed by atoms with van der Waals surface area (Å²) >= 11 is 0. The lowest BCUT2D eigenvalue weighted by Crippen LogP contribution is -2.68. The van der Waals surface area contributed by atoms with Gasteiger partial charge in [0, 0.05) is 17.1 Å². The van der Waals surface area contributed by atoms with Crippen molar-refractivity contribution < 1.29 is 73.6 Å². The number of rotatable bonds is 15. The fourth-order valence-corrected chi connectivity index (χ4v) is 7.14. The Bertz CT molecular complexity index is 1830. The second kappa shape index (κ2) is 16.3. The van der Waals surface area contributed by atoms with Crippen LogP contribution in [0.1, 0.15) is 53.6 Å². The van der Waals surface area contributed by atoms with Gasteiger partial charge in [-0.05, 0) is 25.6 Å². The van der Waals surface area contributed by atoms with E-state index in [-0.39, 0.29) is 35.8 Å². The van der Waals surface area contributed by atoms with E-state index in [2.05, 4.69) is 13.2 Å². The highest BCUT2D eigenvalue weighted by Gasteiger charge is 2.66. The number of hydrogen-bond acceptors (Lipinski definition) is 16. The first-order chi connectivity index (χ1) is 25.4. The normalized spacial score (nSPS) is 25.1. The molecule has 1 aromatic carbocycles. The van der Waals surface area contributed by atoms with E-state index in [1.54, 1.807) is 6.92 Å². The Balaban J connectivity index is 1.58. The van der Waals surface area contributed by atoms with Crippen molar-refractivity contribution in [3.05, 3.63) is 82.9 Å². The molecule has 0 unspecified atom stereocenters. The van der Waals surface area contributed by atoms with Crippen LogP contribution in [-0.2, 0) is 38.2 Å². The molecule has 16 heteroatoms. The van der Waals surface area contributed by atoms with E-state index in [1.807, 2.05) is 0 Å². The number of nitrogens with zero attached hydrogens (tertiary/aromatic N) is 1. The van der Waals surface area contributed by atoms with Crippen LogP contribution >= 0.6 is 0 Å². The number of Topliss-reactive ketones (excluding diaryl/α,β-unsaturated/α-hetero) is 2. The number of aliphatic hydroxyl groups excluding tert-OH is 3. The molecule has 0 aliphatic heterocycles. The maximum absolute atomic E-state index is 14.1. The number of likely N-dealkylation sites (N-methyl/N-ethyl adjacent to an activating group) is 1. The second-order valence-electron chi connectivity index (χ2n) is 13.6. The van der Waals surface area contributed by atoms with Crippen LogP contribution < -0.4 is 0 Å². The van der Waals surface area contributed by atoms with Gasteiger partial charge in [-0.25, -0.2) is 0 Å². The van der Waals surface area contributed by atoms with Crippen molar-refractivity contribution in [2.24, 2.45) is 11.8 Å². The third-order valence-electron chi connectivity index (χ3n) is 9.78. The van der Waals surface area contributed by atoms with E-state index >= 15 is 0 Å². The van der Waals surface area contributed by atoms with Crippen molar-refractivity contribution in [1.82, 2.24) is 4.90 Å². The summed E-state index contributed by atoms with van der Waals surface area (Å²) in [5, 5.41) is 68.0. The first kappa shape index (κ1) is 41.3. The van der Waals surface area contributed by atoms with Crippen LogP contribution in [0.4, 0.5) is 0 Å². The van der Waals surface area contributed by atoms with Crippen molar-refractivity contribution in [1.29, 1.82) is 0 Å². The zero-order valence-electron chi connectivity index (χ0n) is 29.9. The first-order valence-corrected chi connectivity index (χ1v) is 16.8. The number of ketones is 2. The van der Waals surface area contributed by atoms with E-state index in [9.17, 15) is 59.4 Å². The number of benzene rings is 1. The first-order valence-electron chi connectivity index (χ1n) is 16.8. The van der Waals surface area contributed by atoms with Crippen LogP contribution in [0, 0.1) is 11.8 Å². The molecule has 0 spiro atoms. The van der Waals surface area contributed by atoms with E-state index in [0.29, 0.717) is 0 Å². The quantitative estimate of drug-likeness (QED) is 0.0485. The molecule has 0 aromatic heterocycles. The lowest BCUT2D eigenvalue weighted by molar-refractivity contribution is -0.174. The molecule has 0 saturated carbocycles. The molecule has 6 atom stereocenters. The number of carbonyl (C=O) groups is 6. The van der Waals surface area contributed by atoms with Gasteiger partial charge in [0.15, 0.2) is 23.3 Å². The summed E-state index contributed by atoms with van der Waals surface area (Å²) in [4.78, 5) is 76.9. The zero-order valence-corrected chi connectivity index (χ0v) is 29.9. The number of hydrogen-bond donors (Lipinski definition) is 6. The van der Waals surface area contributed by atoms with E-state index in [1.165, 1.54) is 55.4 Å². The maximum atomic E-state index is 14.1. The summed E-state index contributed by atoms with van der Waals surface area (Å²) in [7, 11) is 2.94. The van der Waals surface area contributed by atoms with Gasteiger partial charge in [-0.15, -0.1) is 13.2 Å². The van der Waals surface area contributed by atoms with Crippen molar-refractivity contribution in [2.45, 2.75) is 55.5 Å². The molecule has 54 heavy (non-hydrogen) atoms. The predicted molar refractivity (Wildman–Crippen MR) is 188 cm³/mol. The van der Waals surface area contributed by atoms with Gasteiger partial charge < -0.3 is 44.8 Å². The Kier molecular flexibility index (Phi) is 12.5. The number of esters is 3. The molecular formula is C38H43NO15. The number of ether oxygens (including phenoxy) is 3. The van der Waals surface area contributed by atoms with Gasteiger partial charge >= 0.3 is 17.9 Å². The van der Waals surface area contributed by atoms with E-state index < -0.39 is 125 Å². The van der Waals surface area contributed by atoms with Gasteiger partial charge in [0.05, 0.1) is 42.9 Å². The van der Waals surface area contributed by atoms with Crippen molar-refractivity contribution >= 4 is 41.8 Å². The number of phenolic OH excluding ortho intramolecular Hbond substituents is 1. The monoisotopic (exact) mass is 753 g/mol. The summed E-state index contributed by atoms with van der Waals surface area (Å²) in [6.45, 7) is 6.34. The molecule has 16 nitrogen and oxygen atoms in total. The minimum Gasteiger partial charge on any atom is -0.510 e. The van der Waals surface area contributed by atoms with Crippen molar-refractivity contribution in [3.63, 3.8) is 0 Å². The molecule has 0 radical (unpaired) electrons. The molecule has 6 N–H and O–H groups in total. The Morgan fingerprint density at radius 2 is 1.48 bits per heavy atom. The highest BCUT2D eigenvalue weighted by Crippen LogP contribution is 2.55. The number of phenols is 1. The fourth-order valence-electron chi connectivity index (χ4n) is 7.14. The lowest BCUT2D eigenvalue weighted by Gasteiger charge is -2.53. The summed E-state index contributed by atoms with van der Waals surface area (Å²) in [5.74, 6) is -10.8. The van der Waals surface area contributed by atoms with Gasteiger partial charge in [0.25, 0.3) is 0 Å². The number of aliphatic hydroxyl groups is 5. The Morgan fingerprint density at radius 1 is 0.944 bits per heavy atom. The third-order valence-corrected chi connectivity index (χ3v) is 9.78. The van der Waals surface area contributed by atoms with E-state index in [0.717, 1.165) is 0 Å². The van der Waals surface area contributed by atoms with Crippen LogP contribution in [0.5, 0.6) is 5.75 Å². The van der Waals surface area contributed by atoms with Crippen molar-refractivity contribution in [3.8, 4) is 5.75 Å². The lowest BCUT2D eigenvalue weighted by atomic mass is 9.55. The van der Waals surface area contributed by atoms with Crippen LogP contribution in [0.2, 0.25) is 0 Å². The van der Waals surface area contributed by atoms with Crippen LogP contribution in [0.25, 0.3) is 6.08 Å². The Hall–Kier alpha value is -5.42. The highest BCUT2D eigenvalue weighted by atomic mass is 16.6. The number of carbonyl (C=O) groups excluding carboxylic acids is 6. The highest BCUT2D eigenvalue weighted by molar-refractivity contribution is 6.20. The summed E-state index contributed by atoms with van der Waals surface area (Å²) in [6.07, 6.45) is 2.67. The molecular weight excluding hydrogens is 710 g/mol. The molecule has 0 heterocycles. The maximum Gasteiger partial charge on any atom is 0.309 e.